The molecule has 0 fully saturated rings. The van der Waals surface area contributed by atoms with Crippen molar-refractivity contribution in [3.8, 4) is 0 Å². The van der Waals surface area contributed by atoms with Gasteiger partial charge in [0.2, 0.25) is 0 Å². The van der Waals surface area contributed by atoms with Gasteiger partial charge < -0.3 is 9.99 Å². The van der Waals surface area contributed by atoms with Gasteiger partial charge in [0, 0.05) is 18.7 Å². The van der Waals surface area contributed by atoms with Gasteiger partial charge in [-0.2, -0.15) is 5.26 Å². The van der Waals surface area contributed by atoms with Crippen LogP contribution in [0, 0.1) is 0 Å². The Kier molecular flexibility index (Phi) is 6.38. The van der Waals surface area contributed by atoms with Gasteiger partial charge in [0.25, 0.3) is 0 Å². The minimum atomic E-state index is -0.999. The molecule has 104 valence electrons. The van der Waals surface area contributed by atoms with Gasteiger partial charge in [-0.3, -0.25) is 4.90 Å². The summed E-state index contributed by atoms with van der Waals surface area (Å²) in [5.74, 6) is -0.668. The van der Waals surface area contributed by atoms with Crippen molar-refractivity contribution >= 4 is 17.7 Å². The van der Waals surface area contributed by atoms with E-state index in [1.807, 2.05) is 6.07 Å². The number of amides is 1. The second kappa shape index (κ2) is 8.10. The minimum Gasteiger partial charge on any atom is -0.465 e. The van der Waals surface area contributed by atoms with Crippen LogP contribution in [0.2, 0.25) is 0 Å². The zero-order chi connectivity index (χ0) is 14.1. The third kappa shape index (κ3) is 5.39. The lowest BCUT2D eigenvalue weighted by Gasteiger charge is -2.18. The molecule has 0 spiro atoms. The molecule has 0 radical (unpaired) electrons. The third-order valence-electron chi connectivity index (χ3n) is 2.66. The SMILES string of the molecule is O=C(CCCCCN(C(=O)O)c1ccccc1)OO. The van der Waals surface area contributed by atoms with Crippen LogP contribution in [0.4, 0.5) is 10.5 Å². The third-order valence-corrected chi connectivity index (χ3v) is 2.66. The lowest BCUT2D eigenvalue weighted by Crippen LogP contribution is -2.30. The number of hydrogen-bond donors (Lipinski definition) is 2. The van der Waals surface area contributed by atoms with Gasteiger partial charge in [0.05, 0.1) is 0 Å². The number of anilines is 1. The molecule has 0 atom stereocenters. The number of hydrogen-bond acceptors (Lipinski definition) is 4. The Bertz CT molecular complexity index is 407. The second-order valence-electron chi connectivity index (χ2n) is 4.04. The molecule has 0 bridgehead atoms. The predicted molar refractivity (Wildman–Crippen MR) is 69.0 cm³/mol. The van der Waals surface area contributed by atoms with Gasteiger partial charge in [-0.05, 0) is 25.0 Å². The number of benzene rings is 1. The lowest BCUT2D eigenvalue weighted by atomic mass is 10.2. The Hall–Kier alpha value is -2.08. The summed E-state index contributed by atoms with van der Waals surface area (Å²) in [6.07, 6.45) is 1.02. The van der Waals surface area contributed by atoms with Crippen molar-refractivity contribution in [1.82, 2.24) is 0 Å². The fourth-order valence-corrected chi connectivity index (χ4v) is 1.70. The van der Waals surface area contributed by atoms with E-state index >= 15 is 0 Å². The molecule has 0 aliphatic heterocycles. The Labute approximate surface area is 111 Å². The Morgan fingerprint density at radius 3 is 2.37 bits per heavy atom. The maximum Gasteiger partial charge on any atom is 0.411 e. The average Bonchev–Trinajstić information content (AvgIpc) is 2.42. The maximum atomic E-state index is 11.1. The normalized spacial score (nSPS) is 9.95. The smallest absolute Gasteiger partial charge is 0.411 e. The van der Waals surface area contributed by atoms with Gasteiger partial charge in [-0.1, -0.05) is 24.6 Å². The van der Waals surface area contributed by atoms with Gasteiger partial charge in [-0.25, -0.2) is 9.59 Å². The highest BCUT2D eigenvalue weighted by Gasteiger charge is 2.13. The first kappa shape index (κ1) is 15.0. The molecule has 1 amide bonds. The molecule has 19 heavy (non-hydrogen) atoms. The second-order valence-corrected chi connectivity index (χ2v) is 4.04. The molecule has 2 N–H and O–H groups in total. The van der Waals surface area contributed by atoms with Crippen molar-refractivity contribution in [2.75, 3.05) is 11.4 Å². The number of para-hydroxylation sites is 1. The van der Waals surface area contributed by atoms with E-state index in [-0.39, 0.29) is 6.42 Å². The van der Waals surface area contributed by atoms with E-state index in [1.54, 1.807) is 24.3 Å². The van der Waals surface area contributed by atoms with E-state index in [4.69, 9.17) is 10.4 Å². The molecular weight excluding hydrogens is 250 g/mol. The highest BCUT2D eigenvalue weighted by Crippen LogP contribution is 2.14. The summed E-state index contributed by atoms with van der Waals surface area (Å²) in [5, 5.41) is 17.2. The molecule has 0 unspecified atom stereocenters. The average molecular weight is 267 g/mol. The molecule has 0 aliphatic carbocycles. The molecular formula is C13H17NO5. The number of rotatable bonds is 7. The van der Waals surface area contributed by atoms with E-state index in [0.29, 0.717) is 31.5 Å². The first-order valence-corrected chi connectivity index (χ1v) is 6.05. The highest BCUT2D eigenvalue weighted by atomic mass is 17.1. The van der Waals surface area contributed by atoms with Crippen molar-refractivity contribution < 1.29 is 24.8 Å². The molecule has 0 aromatic heterocycles. The topological polar surface area (TPSA) is 87.1 Å². The van der Waals surface area contributed by atoms with E-state index in [9.17, 15) is 9.59 Å². The molecule has 6 nitrogen and oxygen atoms in total. The Morgan fingerprint density at radius 1 is 1.11 bits per heavy atom. The molecule has 1 aromatic carbocycles. The van der Waals surface area contributed by atoms with Crippen LogP contribution in [0.1, 0.15) is 25.7 Å². The van der Waals surface area contributed by atoms with Crippen LogP contribution in [0.25, 0.3) is 0 Å². The summed E-state index contributed by atoms with van der Waals surface area (Å²) in [6.45, 7) is 0.369. The zero-order valence-corrected chi connectivity index (χ0v) is 10.5. The predicted octanol–water partition coefficient (Wildman–Crippen LogP) is 2.75. The van der Waals surface area contributed by atoms with Crippen LogP contribution in [0.5, 0.6) is 0 Å². The Morgan fingerprint density at radius 2 is 1.79 bits per heavy atom. The Balaban J connectivity index is 2.36. The molecule has 0 aliphatic rings. The van der Waals surface area contributed by atoms with Crippen molar-refractivity contribution in [2.45, 2.75) is 25.7 Å². The van der Waals surface area contributed by atoms with Crippen molar-refractivity contribution in [3.05, 3.63) is 30.3 Å². The first-order chi connectivity index (χ1) is 9.15. The number of carbonyl (C=O) groups excluding carboxylic acids is 1. The summed E-state index contributed by atoms with van der Waals surface area (Å²) in [6, 6.07) is 8.85. The van der Waals surface area contributed by atoms with Crippen LogP contribution in [0.15, 0.2) is 30.3 Å². The fraction of sp³-hybridized carbons (Fsp3) is 0.385. The first-order valence-electron chi connectivity index (χ1n) is 6.05. The van der Waals surface area contributed by atoms with Crippen molar-refractivity contribution in [2.24, 2.45) is 0 Å². The monoisotopic (exact) mass is 267 g/mol. The number of carboxylic acid groups (broad SMARTS) is 1. The standard InChI is InChI=1S/C13H17NO5/c15-12(19-18)9-5-2-6-10-14(13(16)17)11-7-3-1-4-8-11/h1,3-4,7-8,18H,2,5-6,9-10H2,(H,16,17). The summed E-state index contributed by atoms with van der Waals surface area (Å²) < 4.78 is 0. The summed E-state index contributed by atoms with van der Waals surface area (Å²) >= 11 is 0. The largest absolute Gasteiger partial charge is 0.465 e. The minimum absolute atomic E-state index is 0.134. The molecule has 0 heterocycles. The van der Waals surface area contributed by atoms with Crippen LogP contribution >= 0.6 is 0 Å². The molecule has 0 saturated heterocycles. The van der Waals surface area contributed by atoms with Crippen LogP contribution in [0.3, 0.4) is 0 Å². The molecule has 0 saturated carbocycles. The quantitative estimate of drug-likeness (QED) is 0.450. The zero-order valence-electron chi connectivity index (χ0n) is 10.5. The van der Waals surface area contributed by atoms with E-state index in [1.165, 1.54) is 4.90 Å². The molecule has 1 aromatic rings. The summed E-state index contributed by atoms with van der Waals surface area (Å²) in [4.78, 5) is 26.6. The van der Waals surface area contributed by atoms with Crippen molar-refractivity contribution in [3.63, 3.8) is 0 Å². The van der Waals surface area contributed by atoms with Crippen LogP contribution in [-0.4, -0.2) is 29.0 Å². The summed E-state index contributed by atoms with van der Waals surface area (Å²) in [7, 11) is 0. The van der Waals surface area contributed by atoms with E-state index in [2.05, 4.69) is 4.89 Å². The summed E-state index contributed by atoms with van der Waals surface area (Å²) in [5.41, 5.74) is 0.629. The van der Waals surface area contributed by atoms with Gasteiger partial charge in [0.15, 0.2) is 0 Å². The van der Waals surface area contributed by atoms with E-state index < -0.39 is 12.1 Å². The van der Waals surface area contributed by atoms with Gasteiger partial charge in [0.1, 0.15) is 0 Å². The van der Waals surface area contributed by atoms with Crippen LogP contribution in [-0.2, 0) is 9.68 Å². The van der Waals surface area contributed by atoms with E-state index in [0.717, 1.165) is 0 Å². The molecule has 6 heteroatoms. The maximum absolute atomic E-state index is 11.1. The fourth-order valence-electron chi connectivity index (χ4n) is 1.70. The van der Waals surface area contributed by atoms with Crippen LogP contribution < -0.4 is 4.90 Å². The number of unbranched alkanes of at least 4 members (excludes halogenated alkanes) is 2. The number of nitrogens with zero attached hydrogens (tertiary/aromatic N) is 1. The van der Waals surface area contributed by atoms with Gasteiger partial charge >= 0.3 is 12.1 Å². The van der Waals surface area contributed by atoms with Gasteiger partial charge in [-0.15, -0.1) is 0 Å². The molecule has 1 rings (SSSR count). The highest BCUT2D eigenvalue weighted by molar-refractivity contribution is 5.85. The number of carbonyl (C=O) groups is 2. The lowest BCUT2D eigenvalue weighted by molar-refractivity contribution is -0.234. The van der Waals surface area contributed by atoms with Crippen molar-refractivity contribution in [1.29, 1.82) is 0 Å².